The molecule has 0 heterocycles. The minimum absolute atomic E-state index is 0.163. The van der Waals surface area contributed by atoms with Crippen molar-refractivity contribution in [3.63, 3.8) is 0 Å². The van der Waals surface area contributed by atoms with Crippen molar-refractivity contribution in [2.24, 2.45) is 0 Å². The number of carbonyl (C=O) groups excluding carboxylic acids is 2. The normalized spacial score (nSPS) is 12.6. The van der Waals surface area contributed by atoms with Crippen molar-refractivity contribution in [3.05, 3.63) is 0 Å². The summed E-state index contributed by atoms with van der Waals surface area (Å²) in [7, 11) is 0. The molecule has 0 spiro atoms. The van der Waals surface area contributed by atoms with Gasteiger partial charge in [0.1, 0.15) is 12.1 Å². The molecule has 1 amide bonds. The highest BCUT2D eigenvalue weighted by molar-refractivity contribution is 5.87. The zero-order valence-electron chi connectivity index (χ0n) is 24.1. The van der Waals surface area contributed by atoms with Gasteiger partial charge in [-0.2, -0.15) is 0 Å². The number of unbranched alkanes of at least 4 members (excludes halogenated alkanes) is 16. The standard InChI is InChI=1S/C30H55NO7/c1-3-5-7-9-11-13-15-17-19-21-25(23-27(32)31-26(30(36)37)24-28(33)34)38-29(35)22-20-18-16-14-12-10-8-6-4-2/h25-26H,3-24H2,1-2H3,(H,31,32)(H,33,34)(H,36,37)/t25-,26-/m1/s1. The monoisotopic (exact) mass is 541 g/mol. The highest BCUT2D eigenvalue weighted by atomic mass is 16.5. The minimum Gasteiger partial charge on any atom is -0.481 e. The van der Waals surface area contributed by atoms with E-state index in [-0.39, 0.29) is 12.4 Å². The summed E-state index contributed by atoms with van der Waals surface area (Å²) >= 11 is 0. The van der Waals surface area contributed by atoms with E-state index in [4.69, 9.17) is 9.84 Å². The smallest absolute Gasteiger partial charge is 0.326 e. The predicted octanol–water partition coefficient (Wildman–Crippen LogP) is 7.17. The van der Waals surface area contributed by atoms with Crippen molar-refractivity contribution in [1.82, 2.24) is 5.32 Å². The number of carboxylic acids is 2. The summed E-state index contributed by atoms with van der Waals surface area (Å²) < 4.78 is 5.62. The van der Waals surface area contributed by atoms with Gasteiger partial charge in [-0.15, -0.1) is 0 Å². The molecule has 0 fully saturated rings. The van der Waals surface area contributed by atoms with E-state index in [0.717, 1.165) is 38.5 Å². The second kappa shape index (κ2) is 25.2. The van der Waals surface area contributed by atoms with Gasteiger partial charge in [-0.25, -0.2) is 4.79 Å². The lowest BCUT2D eigenvalue weighted by molar-refractivity contribution is -0.152. The van der Waals surface area contributed by atoms with Gasteiger partial charge in [0, 0.05) is 6.42 Å². The average Bonchev–Trinajstić information content (AvgIpc) is 2.85. The molecule has 0 bridgehead atoms. The van der Waals surface area contributed by atoms with E-state index in [1.165, 1.54) is 77.0 Å². The molecule has 222 valence electrons. The van der Waals surface area contributed by atoms with Crippen molar-refractivity contribution in [1.29, 1.82) is 0 Å². The molecule has 0 rings (SSSR count). The van der Waals surface area contributed by atoms with Crippen molar-refractivity contribution in [2.45, 2.75) is 167 Å². The highest BCUT2D eigenvalue weighted by Gasteiger charge is 2.25. The zero-order valence-corrected chi connectivity index (χ0v) is 24.1. The summed E-state index contributed by atoms with van der Waals surface area (Å²) in [5.41, 5.74) is 0. The highest BCUT2D eigenvalue weighted by Crippen LogP contribution is 2.16. The third-order valence-corrected chi connectivity index (χ3v) is 6.84. The Labute approximate surface area is 230 Å². The number of nitrogens with one attached hydrogen (secondary N) is 1. The first-order valence-electron chi connectivity index (χ1n) is 15.2. The summed E-state index contributed by atoms with van der Waals surface area (Å²) in [6, 6.07) is -1.51. The van der Waals surface area contributed by atoms with Crippen LogP contribution in [0.25, 0.3) is 0 Å². The Morgan fingerprint density at radius 1 is 0.632 bits per heavy atom. The first-order chi connectivity index (χ1) is 18.3. The molecule has 3 N–H and O–H groups in total. The molecule has 8 nitrogen and oxygen atoms in total. The first-order valence-corrected chi connectivity index (χ1v) is 15.2. The number of carbonyl (C=O) groups is 4. The average molecular weight is 542 g/mol. The second-order valence-electron chi connectivity index (χ2n) is 10.6. The van der Waals surface area contributed by atoms with Crippen LogP contribution < -0.4 is 5.32 Å². The Morgan fingerprint density at radius 2 is 1.08 bits per heavy atom. The van der Waals surface area contributed by atoms with Gasteiger partial charge in [0.05, 0.1) is 12.8 Å². The van der Waals surface area contributed by atoms with Crippen molar-refractivity contribution >= 4 is 23.8 Å². The van der Waals surface area contributed by atoms with Crippen LogP contribution in [0.1, 0.15) is 155 Å². The lowest BCUT2D eigenvalue weighted by Crippen LogP contribution is -2.43. The van der Waals surface area contributed by atoms with Crippen LogP contribution in [0.5, 0.6) is 0 Å². The van der Waals surface area contributed by atoms with Gasteiger partial charge in [0.2, 0.25) is 5.91 Å². The molecular weight excluding hydrogens is 486 g/mol. The van der Waals surface area contributed by atoms with E-state index in [1.807, 2.05) is 0 Å². The Bertz CT molecular complexity index is 638. The predicted molar refractivity (Wildman–Crippen MR) is 150 cm³/mol. The van der Waals surface area contributed by atoms with E-state index >= 15 is 0 Å². The number of ether oxygens (including phenoxy) is 1. The Balaban J connectivity index is 4.51. The maximum atomic E-state index is 12.5. The Hall–Kier alpha value is -2.12. The van der Waals surface area contributed by atoms with Gasteiger partial charge >= 0.3 is 17.9 Å². The van der Waals surface area contributed by atoms with Crippen LogP contribution in [-0.4, -0.2) is 46.2 Å². The van der Waals surface area contributed by atoms with Crippen molar-refractivity contribution < 1.29 is 34.1 Å². The molecule has 0 saturated carbocycles. The zero-order chi connectivity index (χ0) is 28.4. The number of hydrogen-bond donors (Lipinski definition) is 3. The number of aliphatic carboxylic acids is 2. The number of hydrogen-bond acceptors (Lipinski definition) is 5. The van der Waals surface area contributed by atoms with Gasteiger partial charge in [-0.1, -0.05) is 117 Å². The van der Waals surface area contributed by atoms with Crippen LogP contribution >= 0.6 is 0 Å². The van der Waals surface area contributed by atoms with Gasteiger partial charge < -0.3 is 20.3 Å². The SMILES string of the molecule is CCCCCCCCCCCC(=O)O[C@H](CCCCCCCCCCC)CC(=O)N[C@H](CC(=O)O)C(=O)O. The maximum Gasteiger partial charge on any atom is 0.326 e. The molecular formula is C30H55NO7. The molecule has 0 radical (unpaired) electrons. The number of carboxylic acid groups (broad SMARTS) is 2. The third kappa shape index (κ3) is 23.0. The van der Waals surface area contributed by atoms with Crippen LogP contribution in [0.4, 0.5) is 0 Å². The molecule has 0 aliphatic rings. The maximum absolute atomic E-state index is 12.5. The topological polar surface area (TPSA) is 130 Å². The Kier molecular flexibility index (Phi) is 23.8. The van der Waals surface area contributed by atoms with E-state index < -0.39 is 36.4 Å². The quantitative estimate of drug-likeness (QED) is 0.0742. The summed E-state index contributed by atoms with van der Waals surface area (Å²) in [6.07, 6.45) is 20.0. The van der Waals surface area contributed by atoms with Crippen LogP contribution in [0, 0.1) is 0 Å². The minimum atomic E-state index is -1.51. The fraction of sp³-hybridized carbons (Fsp3) is 0.867. The van der Waals surface area contributed by atoms with Gasteiger partial charge in [-0.05, 0) is 19.3 Å². The van der Waals surface area contributed by atoms with Gasteiger partial charge in [-0.3, -0.25) is 14.4 Å². The first kappa shape index (κ1) is 35.9. The van der Waals surface area contributed by atoms with Gasteiger partial charge in [0.15, 0.2) is 0 Å². The lowest BCUT2D eigenvalue weighted by Gasteiger charge is -2.19. The molecule has 0 aliphatic heterocycles. The van der Waals surface area contributed by atoms with Crippen LogP contribution in [-0.2, 0) is 23.9 Å². The summed E-state index contributed by atoms with van der Waals surface area (Å²) in [5.74, 6) is -3.66. The fourth-order valence-electron chi connectivity index (χ4n) is 4.54. The molecule has 38 heavy (non-hydrogen) atoms. The molecule has 0 saturated heterocycles. The van der Waals surface area contributed by atoms with Crippen molar-refractivity contribution in [2.75, 3.05) is 0 Å². The number of rotatable bonds is 27. The number of amides is 1. The molecule has 0 aromatic carbocycles. The van der Waals surface area contributed by atoms with Crippen LogP contribution in [0.3, 0.4) is 0 Å². The number of esters is 1. The molecule has 8 heteroatoms. The van der Waals surface area contributed by atoms with E-state index in [0.29, 0.717) is 12.8 Å². The molecule has 0 aromatic rings. The molecule has 0 unspecified atom stereocenters. The molecule has 0 aromatic heterocycles. The summed E-state index contributed by atoms with van der Waals surface area (Å²) in [4.78, 5) is 47.1. The molecule has 0 aliphatic carbocycles. The van der Waals surface area contributed by atoms with Gasteiger partial charge in [0.25, 0.3) is 0 Å². The summed E-state index contributed by atoms with van der Waals surface area (Å²) in [5, 5.41) is 20.3. The van der Waals surface area contributed by atoms with E-state index in [1.54, 1.807) is 0 Å². The lowest BCUT2D eigenvalue weighted by atomic mass is 10.0. The van der Waals surface area contributed by atoms with E-state index in [2.05, 4.69) is 19.2 Å². The second-order valence-corrected chi connectivity index (χ2v) is 10.6. The van der Waals surface area contributed by atoms with E-state index in [9.17, 15) is 24.3 Å². The van der Waals surface area contributed by atoms with Crippen molar-refractivity contribution in [3.8, 4) is 0 Å². The van der Waals surface area contributed by atoms with Crippen LogP contribution in [0.15, 0.2) is 0 Å². The molecule has 2 atom stereocenters. The summed E-state index contributed by atoms with van der Waals surface area (Å²) in [6.45, 7) is 4.41. The third-order valence-electron chi connectivity index (χ3n) is 6.84. The Morgan fingerprint density at radius 3 is 1.53 bits per heavy atom. The fourth-order valence-corrected chi connectivity index (χ4v) is 4.54. The van der Waals surface area contributed by atoms with Crippen LogP contribution in [0.2, 0.25) is 0 Å². The largest absolute Gasteiger partial charge is 0.481 e.